The van der Waals surface area contributed by atoms with Crippen LogP contribution < -0.4 is 0 Å². The number of halogens is 1. The molecule has 0 heterocycles. The van der Waals surface area contributed by atoms with Crippen LogP contribution in [0, 0.1) is 0 Å². The van der Waals surface area contributed by atoms with Gasteiger partial charge in [0.1, 0.15) is 11.3 Å². The quantitative estimate of drug-likeness (QED) is 0.688. The number of rotatable bonds is 3. The smallest absolute Gasteiger partial charge is 0.342 e. The van der Waals surface area contributed by atoms with Crippen LogP contribution in [0.1, 0.15) is 18.9 Å². The zero-order valence-corrected chi connectivity index (χ0v) is 14.6. The van der Waals surface area contributed by atoms with Gasteiger partial charge in [-0.1, -0.05) is 29.8 Å². The van der Waals surface area contributed by atoms with Gasteiger partial charge in [0.25, 0.3) is 0 Å². The molecule has 0 bridgehead atoms. The standard InChI is InChI=1S/C15H13ClO4.Na/c1-2-20-15(19)14-11(7-9(17)8-13(14)18)10-5-3-4-6-12(10)16;/h3-6,8,18H,2,7H2,1H3;. The molecule has 6 heteroatoms. The molecule has 1 aliphatic rings. The Hall–Kier alpha value is -1.07. The molecule has 0 unspecified atom stereocenters. The Morgan fingerprint density at radius 2 is 2.05 bits per heavy atom. The van der Waals surface area contributed by atoms with E-state index in [1.54, 1.807) is 31.2 Å². The number of hydrogen-bond acceptors (Lipinski definition) is 4. The molecule has 1 N–H and O–H groups in total. The van der Waals surface area contributed by atoms with Gasteiger partial charge in [0, 0.05) is 47.1 Å². The Morgan fingerprint density at radius 1 is 1.38 bits per heavy atom. The Balaban J connectivity index is 0.00000220. The molecule has 1 radical (unpaired) electrons. The van der Waals surface area contributed by atoms with E-state index in [0.717, 1.165) is 6.08 Å². The maximum atomic E-state index is 12.0. The SMILES string of the molecule is CCOC(=O)C1=C(c2ccccc2Cl)CC(=O)C=C1O.[Na]. The molecule has 1 aliphatic carbocycles. The number of allylic oxidation sites excluding steroid dienone is 2. The molecule has 0 aliphatic heterocycles. The number of carbonyl (C=O) groups excluding carboxylic acids is 2. The van der Waals surface area contributed by atoms with Crippen LogP contribution in [0.2, 0.25) is 5.02 Å². The summed E-state index contributed by atoms with van der Waals surface area (Å²) in [5.74, 6) is -1.33. The fourth-order valence-corrected chi connectivity index (χ4v) is 2.31. The molecule has 0 atom stereocenters. The zero-order chi connectivity index (χ0) is 14.7. The zero-order valence-electron chi connectivity index (χ0n) is 11.9. The van der Waals surface area contributed by atoms with Gasteiger partial charge in [-0.15, -0.1) is 0 Å². The Labute approximate surface area is 149 Å². The Morgan fingerprint density at radius 3 is 2.67 bits per heavy atom. The number of ether oxygens (including phenoxy) is 1. The second-order valence-electron chi connectivity index (χ2n) is 4.23. The monoisotopic (exact) mass is 315 g/mol. The van der Waals surface area contributed by atoms with Crippen molar-refractivity contribution in [3.05, 3.63) is 52.3 Å². The van der Waals surface area contributed by atoms with Crippen LogP contribution in [0.3, 0.4) is 0 Å². The average Bonchev–Trinajstić information content (AvgIpc) is 2.38. The van der Waals surface area contributed by atoms with Crippen molar-refractivity contribution in [3.63, 3.8) is 0 Å². The van der Waals surface area contributed by atoms with Crippen molar-refractivity contribution in [1.82, 2.24) is 0 Å². The van der Waals surface area contributed by atoms with Crippen molar-refractivity contribution in [2.45, 2.75) is 13.3 Å². The molecule has 0 aromatic heterocycles. The third-order valence-corrected chi connectivity index (χ3v) is 3.21. The number of aliphatic hydroxyl groups is 1. The van der Waals surface area contributed by atoms with Crippen molar-refractivity contribution in [1.29, 1.82) is 0 Å². The topological polar surface area (TPSA) is 63.6 Å². The minimum Gasteiger partial charge on any atom is -0.507 e. The van der Waals surface area contributed by atoms with Gasteiger partial charge in [-0.25, -0.2) is 4.79 Å². The van der Waals surface area contributed by atoms with Gasteiger partial charge >= 0.3 is 5.97 Å². The van der Waals surface area contributed by atoms with Crippen LogP contribution in [0.5, 0.6) is 0 Å². The second kappa shape index (κ2) is 7.80. The average molecular weight is 316 g/mol. The number of ketones is 1. The van der Waals surface area contributed by atoms with Gasteiger partial charge in [-0.2, -0.15) is 0 Å². The first-order chi connectivity index (χ1) is 9.54. The van der Waals surface area contributed by atoms with Crippen LogP contribution in [0.25, 0.3) is 5.57 Å². The second-order valence-corrected chi connectivity index (χ2v) is 4.63. The molecular weight excluding hydrogens is 303 g/mol. The third kappa shape index (κ3) is 3.98. The summed E-state index contributed by atoms with van der Waals surface area (Å²) in [6, 6.07) is 6.85. The third-order valence-electron chi connectivity index (χ3n) is 2.89. The van der Waals surface area contributed by atoms with E-state index < -0.39 is 5.97 Å². The van der Waals surface area contributed by atoms with Gasteiger partial charge < -0.3 is 9.84 Å². The van der Waals surface area contributed by atoms with Crippen LogP contribution in [0.4, 0.5) is 0 Å². The van der Waals surface area contributed by atoms with E-state index in [1.165, 1.54) is 0 Å². The van der Waals surface area contributed by atoms with Gasteiger partial charge in [0.2, 0.25) is 0 Å². The van der Waals surface area contributed by atoms with Gasteiger partial charge in [0.15, 0.2) is 5.78 Å². The number of esters is 1. The van der Waals surface area contributed by atoms with E-state index in [4.69, 9.17) is 16.3 Å². The summed E-state index contributed by atoms with van der Waals surface area (Å²) < 4.78 is 4.93. The van der Waals surface area contributed by atoms with E-state index >= 15 is 0 Å². The van der Waals surface area contributed by atoms with Crippen LogP contribution in [0.15, 0.2) is 41.7 Å². The first-order valence-corrected chi connectivity index (χ1v) is 6.51. The van der Waals surface area contributed by atoms with Gasteiger partial charge in [0.05, 0.1) is 6.61 Å². The predicted octanol–water partition coefficient (Wildman–Crippen LogP) is 2.69. The summed E-state index contributed by atoms with van der Waals surface area (Å²) in [5, 5.41) is 10.3. The molecule has 0 spiro atoms. The fraction of sp³-hybridized carbons (Fsp3) is 0.200. The number of benzene rings is 1. The molecular formula is C15H13ClNaO4. The molecule has 105 valence electrons. The van der Waals surface area contributed by atoms with E-state index in [9.17, 15) is 14.7 Å². The summed E-state index contributed by atoms with van der Waals surface area (Å²) in [6.07, 6.45) is 1.04. The summed E-state index contributed by atoms with van der Waals surface area (Å²) >= 11 is 6.10. The predicted molar refractivity (Wildman–Crippen MR) is 81.1 cm³/mol. The maximum Gasteiger partial charge on any atom is 0.342 e. The minimum atomic E-state index is -0.663. The van der Waals surface area contributed by atoms with E-state index in [-0.39, 0.29) is 59.7 Å². The van der Waals surface area contributed by atoms with Gasteiger partial charge in [-0.3, -0.25) is 4.79 Å². The summed E-state index contributed by atoms with van der Waals surface area (Å²) in [4.78, 5) is 23.6. The van der Waals surface area contributed by atoms with Crippen molar-refractivity contribution in [3.8, 4) is 0 Å². The van der Waals surface area contributed by atoms with E-state index in [0.29, 0.717) is 16.2 Å². The summed E-state index contributed by atoms with van der Waals surface area (Å²) in [5.41, 5.74) is 0.934. The first-order valence-electron chi connectivity index (χ1n) is 6.13. The molecule has 2 rings (SSSR count). The van der Waals surface area contributed by atoms with Crippen LogP contribution in [-0.4, -0.2) is 53.0 Å². The molecule has 4 nitrogen and oxygen atoms in total. The molecule has 1 aromatic rings. The molecule has 21 heavy (non-hydrogen) atoms. The Bertz CT molecular complexity index is 634. The minimum absolute atomic E-state index is 0. The normalized spacial score (nSPS) is 14.4. The molecule has 1 aromatic carbocycles. The van der Waals surface area contributed by atoms with Crippen molar-refractivity contribution >= 4 is 58.5 Å². The van der Waals surface area contributed by atoms with Gasteiger partial charge in [-0.05, 0) is 24.1 Å². The van der Waals surface area contributed by atoms with E-state index in [1.807, 2.05) is 0 Å². The first kappa shape index (κ1) is 18.0. The summed E-state index contributed by atoms with van der Waals surface area (Å²) in [6.45, 7) is 1.85. The molecule has 0 amide bonds. The fourth-order valence-electron chi connectivity index (χ4n) is 2.06. The van der Waals surface area contributed by atoms with Crippen molar-refractivity contribution < 1.29 is 19.4 Å². The molecule has 0 fully saturated rings. The number of aliphatic hydroxyl groups excluding tert-OH is 1. The van der Waals surface area contributed by atoms with Crippen molar-refractivity contribution in [2.24, 2.45) is 0 Å². The van der Waals surface area contributed by atoms with Crippen LogP contribution in [-0.2, 0) is 14.3 Å². The summed E-state index contributed by atoms with van der Waals surface area (Å²) in [7, 11) is 0. The Kier molecular flexibility index (Phi) is 6.68. The molecule has 0 saturated heterocycles. The molecule has 0 saturated carbocycles. The van der Waals surface area contributed by atoms with Crippen molar-refractivity contribution in [2.75, 3.05) is 6.61 Å². The number of hydrogen-bond donors (Lipinski definition) is 1. The van der Waals surface area contributed by atoms with Crippen LogP contribution >= 0.6 is 11.6 Å². The number of carbonyl (C=O) groups is 2. The largest absolute Gasteiger partial charge is 0.507 e. The maximum absolute atomic E-state index is 12.0. The van der Waals surface area contributed by atoms with E-state index in [2.05, 4.69) is 0 Å².